The van der Waals surface area contributed by atoms with Gasteiger partial charge in [-0.1, -0.05) is 18.2 Å². The fraction of sp³-hybridized carbons (Fsp3) is 0.533. The smallest absolute Gasteiger partial charge is 0.475 e. The molecule has 7 heteroatoms. The van der Waals surface area contributed by atoms with Crippen LogP contribution < -0.4 is 10.1 Å². The minimum atomic E-state index is -1.60. The van der Waals surface area contributed by atoms with E-state index in [9.17, 15) is 14.8 Å². The van der Waals surface area contributed by atoms with Crippen molar-refractivity contribution in [3.05, 3.63) is 29.8 Å². The van der Waals surface area contributed by atoms with Gasteiger partial charge < -0.3 is 24.8 Å². The third-order valence-corrected chi connectivity index (χ3v) is 4.33. The van der Waals surface area contributed by atoms with Crippen molar-refractivity contribution in [2.24, 2.45) is 5.92 Å². The van der Waals surface area contributed by atoms with Crippen LogP contribution in [0.25, 0.3) is 0 Å². The van der Waals surface area contributed by atoms with Crippen molar-refractivity contribution in [2.45, 2.75) is 24.7 Å². The van der Waals surface area contributed by atoms with E-state index in [0.717, 1.165) is 11.3 Å². The van der Waals surface area contributed by atoms with Gasteiger partial charge in [0.1, 0.15) is 5.75 Å². The standard InChI is InChI=1S/C15H20BNO5/c18-15(10-5-6-21-8-10)17-14(16(19)20)7-11-9-22-13-4-2-1-3-12(11)13/h1-4,10-11,14,19-20H,5-9H2,(H,17,18)/t10-,11-,14+/m1/s1. The minimum Gasteiger partial charge on any atom is -0.493 e. The summed E-state index contributed by atoms with van der Waals surface area (Å²) in [5.74, 6) is -0.221. The molecule has 3 atom stereocenters. The van der Waals surface area contributed by atoms with Crippen LogP contribution in [0.1, 0.15) is 24.3 Å². The molecule has 0 radical (unpaired) electrons. The van der Waals surface area contributed by atoms with Crippen LogP contribution in [-0.2, 0) is 9.53 Å². The van der Waals surface area contributed by atoms with Gasteiger partial charge in [0.2, 0.25) is 5.91 Å². The van der Waals surface area contributed by atoms with Gasteiger partial charge in [-0.15, -0.1) is 0 Å². The first-order valence-electron chi connectivity index (χ1n) is 7.61. The first-order chi connectivity index (χ1) is 10.6. The first-order valence-corrected chi connectivity index (χ1v) is 7.61. The van der Waals surface area contributed by atoms with Gasteiger partial charge >= 0.3 is 7.12 Å². The molecule has 3 N–H and O–H groups in total. The van der Waals surface area contributed by atoms with Crippen molar-refractivity contribution in [2.75, 3.05) is 19.8 Å². The number of ether oxygens (including phenoxy) is 2. The lowest BCUT2D eigenvalue weighted by molar-refractivity contribution is -0.125. The maximum Gasteiger partial charge on any atom is 0.475 e. The van der Waals surface area contributed by atoms with Crippen LogP contribution in [0.3, 0.4) is 0 Å². The number of amides is 1. The van der Waals surface area contributed by atoms with E-state index >= 15 is 0 Å². The average molecular weight is 305 g/mol. The Kier molecular flexibility index (Phi) is 4.66. The highest BCUT2D eigenvalue weighted by Crippen LogP contribution is 2.36. The summed E-state index contributed by atoms with van der Waals surface area (Å²) in [6.45, 7) is 1.47. The molecule has 22 heavy (non-hydrogen) atoms. The maximum atomic E-state index is 12.1. The molecule has 2 aliphatic heterocycles. The van der Waals surface area contributed by atoms with Gasteiger partial charge in [-0.05, 0) is 18.9 Å². The number of benzene rings is 1. The van der Waals surface area contributed by atoms with Gasteiger partial charge in [0, 0.05) is 18.1 Å². The number of rotatable bonds is 5. The Morgan fingerprint density at radius 1 is 1.36 bits per heavy atom. The summed E-state index contributed by atoms with van der Waals surface area (Å²) in [5, 5.41) is 21.9. The second kappa shape index (κ2) is 6.68. The number of nitrogens with one attached hydrogen (secondary N) is 1. The molecule has 0 bridgehead atoms. The van der Waals surface area contributed by atoms with Gasteiger partial charge in [0.05, 0.1) is 25.1 Å². The molecule has 118 valence electrons. The second-order valence-corrected chi connectivity index (χ2v) is 5.87. The number of hydrogen-bond donors (Lipinski definition) is 3. The average Bonchev–Trinajstić information content (AvgIpc) is 3.16. The van der Waals surface area contributed by atoms with Crippen LogP contribution in [-0.4, -0.2) is 48.8 Å². The van der Waals surface area contributed by atoms with Crippen molar-refractivity contribution in [3.8, 4) is 5.75 Å². The van der Waals surface area contributed by atoms with E-state index in [2.05, 4.69) is 5.32 Å². The first kappa shape index (κ1) is 15.3. The van der Waals surface area contributed by atoms with Crippen LogP contribution in [0.4, 0.5) is 0 Å². The Morgan fingerprint density at radius 3 is 2.91 bits per heavy atom. The summed E-state index contributed by atoms with van der Waals surface area (Å²) in [5.41, 5.74) is 1.05. The van der Waals surface area contributed by atoms with Crippen molar-refractivity contribution in [1.29, 1.82) is 0 Å². The van der Waals surface area contributed by atoms with Crippen molar-refractivity contribution < 1.29 is 24.3 Å². The third-order valence-electron chi connectivity index (χ3n) is 4.33. The van der Waals surface area contributed by atoms with Gasteiger partial charge in [-0.2, -0.15) is 0 Å². The monoisotopic (exact) mass is 305 g/mol. The molecule has 0 aliphatic carbocycles. The van der Waals surface area contributed by atoms with Crippen LogP contribution in [0, 0.1) is 5.92 Å². The highest BCUT2D eigenvalue weighted by atomic mass is 16.5. The predicted octanol–water partition coefficient (Wildman–Crippen LogP) is 0.0860. The van der Waals surface area contributed by atoms with Crippen LogP contribution >= 0.6 is 0 Å². The highest BCUT2D eigenvalue weighted by Gasteiger charge is 2.34. The molecular formula is C15H20BNO5. The molecule has 0 saturated carbocycles. The van der Waals surface area contributed by atoms with Crippen molar-refractivity contribution in [3.63, 3.8) is 0 Å². The zero-order valence-corrected chi connectivity index (χ0v) is 12.3. The molecule has 1 saturated heterocycles. The summed E-state index contributed by atoms with van der Waals surface area (Å²) in [7, 11) is -1.60. The molecule has 1 amide bonds. The molecule has 0 aromatic heterocycles. The SMILES string of the molecule is O=C(N[C@@H](C[C@@H]1COc2ccccc21)B(O)O)[C@@H]1CCOC1. The Balaban J connectivity index is 1.64. The fourth-order valence-corrected chi connectivity index (χ4v) is 3.03. The Labute approximate surface area is 129 Å². The fourth-order valence-electron chi connectivity index (χ4n) is 3.03. The Morgan fingerprint density at radius 2 is 2.18 bits per heavy atom. The third kappa shape index (κ3) is 3.26. The molecule has 1 aromatic rings. The second-order valence-electron chi connectivity index (χ2n) is 5.87. The lowest BCUT2D eigenvalue weighted by Gasteiger charge is -2.22. The van der Waals surface area contributed by atoms with E-state index in [1.807, 2.05) is 24.3 Å². The lowest BCUT2D eigenvalue weighted by atomic mass is 9.73. The van der Waals surface area contributed by atoms with Crippen LogP contribution in [0.2, 0.25) is 0 Å². The summed E-state index contributed by atoms with van der Waals surface area (Å²) >= 11 is 0. The molecular weight excluding hydrogens is 285 g/mol. The van der Waals surface area contributed by atoms with E-state index in [1.54, 1.807) is 0 Å². The zero-order chi connectivity index (χ0) is 15.5. The summed E-state index contributed by atoms with van der Waals surface area (Å²) in [6, 6.07) is 7.70. The topological polar surface area (TPSA) is 88.0 Å². The van der Waals surface area contributed by atoms with E-state index in [4.69, 9.17) is 9.47 Å². The molecule has 0 spiro atoms. The highest BCUT2D eigenvalue weighted by molar-refractivity contribution is 6.43. The largest absolute Gasteiger partial charge is 0.493 e. The Bertz CT molecular complexity index is 532. The Hall–Kier alpha value is -1.57. The molecule has 2 heterocycles. The van der Waals surface area contributed by atoms with E-state index in [-0.39, 0.29) is 17.7 Å². The molecule has 1 aromatic carbocycles. The van der Waals surface area contributed by atoms with Crippen LogP contribution in [0.5, 0.6) is 5.75 Å². The summed E-state index contributed by atoms with van der Waals surface area (Å²) < 4.78 is 10.8. The van der Waals surface area contributed by atoms with E-state index in [1.165, 1.54) is 0 Å². The number of para-hydroxylation sites is 1. The summed E-state index contributed by atoms with van der Waals surface area (Å²) in [6.07, 6.45) is 1.10. The van der Waals surface area contributed by atoms with Crippen molar-refractivity contribution in [1.82, 2.24) is 5.32 Å². The van der Waals surface area contributed by atoms with Crippen LogP contribution in [0.15, 0.2) is 24.3 Å². The van der Waals surface area contributed by atoms with Gasteiger partial charge in [-0.25, -0.2) is 0 Å². The van der Waals surface area contributed by atoms with Gasteiger partial charge in [0.15, 0.2) is 0 Å². The van der Waals surface area contributed by atoms with Crippen molar-refractivity contribution >= 4 is 13.0 Å². The lowest BCUT2D eigenvalue weighted by Crippen LogP contribution is -2.49. The number of carbonyl (C=O) groups is 1. The maximum absolute atomic E-state index is 12.1. The van der Waals surface area contributed by atoms with Gasteiger partial charge in [-0.3, -0.25) is 4.79 Å². The van der Waals surface area contributed by atoms with Gasteiger partial charge in [0.25, 0.3) is 0 Å². The minimum absolute atomic E-state index is 0.0446. The predicted molar refractivity (Wildman–Crippen MR) is 80.3 cm³/mol. The molecule has 1 fully saturated rings. The number of carbonyl (C=O) groups excluding carboxylic acids is 1. The molecule has 2 aliphatic rings. The van der Waals surface area contributed by atoms with E-state index in [0.29, 0.717) is 32.7 Å². The van der Waals surface area contributed by atoms with E-state index < -0.39 is 13.1 Å². The molecule has 6 nitrogen and oxygen atoms in total. The number of fused-ring (bicyclic) bond motifs is 1. The zero-order valence-electron chi connectivity index (χ0n) is 12.3. The normalized spacial score (nSPS) is 24.5. The number of hydrogen-bond acceptors (Lipinski definition) is 5. The molecule has 3 rings (SSSR count). The quantitative estimate of drug-likeness (QED) is 0.671. The molecule has 0 unspecified atom stereocenters. The summed E-state index contributed by atoms with van der Waals surface area (Å²) in [4.78, 5) is 12.1.